The van der Waals surface area contributed by atoms with Gasteiger partial charge in [0.1, 0.15) is 5.75 Å². The summed E-state index contributed by atoms with van der Waals surface area (Å²) in [5.41, 5.74) is 1.32. The van der Waals surface area contributed by atoms with Crippen molar-refractivity contribution in [2.75, 3.05) is 6.61 Å². The van der Waals surface area contributed by atoms with Crippen LogP contribution in [0.5, 0.6) is 5.75 Å². The lowest BCUT2D eigenvalue weighted by molar-refractivity contribution is 0.310. The molecule has 3 nitrogen and oxygen atoms in total. The standard InChI is InChI=1S/C17H22O3S/c18-21(19)16-9-4-10-17(21)13-14(12-16)6-5-11-20-15-7-2-1-3-8-15/h1-3,7-8,12,16-17H,4-6,9-11,13H2. The predicted octanol–water partition coefficient (Wildman–Crippen LogP) is 3.51. The molecule has 1 aromatic rings. The monoisotopic (exact) mass is 306 g/mol. The van der Waals surface area contributed by atoms with Gasteiger partial charge in [0.25, 0.3) is 0 Å². The summed E-state index contributed by atoms with van der Waals surface area (Å²) in [6, 6.07) is 9.81. The first-order valence-electron chi connectivity index (χ1n) is 7.76. The van der Waals surface area contributed by atoms with Crippen molar-refractivity contribution < 1.29 is 13.2 Å². The molecule has 3 rings (SSSR count). The van der Waals surface area contributed by atoms with Crippen molar-refractivity contribution in [3.63, 3.8) is 0 Å². The molecule has 0 aromatic heterocycles. The molecule has 2 aliphatic heterocycles. The average Bonchev–Trinajstić information content (AvgIpc) is 2.45. The summed E-state index contributed by atoms with van der Waals surface area (Å²) in [7, 11) is -2.88. The van der Waals surface area contributed by atoms with Crippen molar-refractivity contribution in [3.05, 3.63) is 42.0 Å². The highest BCUT2D eigenvalue weighted by atomic mass is 32.2. The summed E-state index contributed by atoms with van der Waals surface area (Å²) >= 11 is 0. The van der Waals surface area contributed by atoms with Gasteiger partial charge in [-0.05, 0) is 44.2 Å². The van der Waals surface area contributed by atoms with Crippen LogP contribution in [0.1, 0.15) is 38.5 Å². The Labute approximate surface area is 126 Å². The minimum Gasteiger partial charge on any atom is -0.494 e. The van der Waals surface area contributed by atoms with E-state index in [1.165, 1.54) is 5.57 Å². The van der Waals surface area contributed by atoms with E-state index < -0.39 is 9.84 Å². The van der Waals surface area contributed by atoms with Gasteiger partial charge < -0.3 is 4.74 Å². The van der Waals surface area contributed by atoms with Gasteiger partial charge >= 0.3 is 0 Å². The van der Waals surface area contributed by atoms with Crippen LogP contribution in [0.2, 0.25) is 0 Å². The maximum Gasteiger partial charge on any atom is 0.159 e. The Hall–Kier alpha value is -1.29. The van der Waals surface area contributed by atoms with Crippen molar-refractivity contribution in [2.24, 2.45) is 0 Å². The summed E-state index contributed by atoms with van der Waals surface area (Å²) < 4.78 is 30.1. The van der Waals surface area contributed by atoms with Crippen LogP contribution in [0.25, 0.3) is 0 Å². The lowest BCUT2D eigenvalue weighted by Crippen LogP contribution is -2.38. The van der Waals surface area contributed by atoms with Gasteiger partial charge in [-0.2, -0.15) is 0 Å². The number of sulfone groups is 1. The molecule has 1 fully saturated rings. The van der Waals surface area contributed by atoms with Crippen molar-refractivity contribution in [2.45, 2.75) is 49.0 Å². The number of hydrogen-bond acceptors (Lipinski definition) is 3. The largest absolute Gasteiger partial charge is 0.494 e. The molecule has 21 heavy (non-hydrogen) atoms. The molecular formula is C17H22O3S. The molecule has 2 bridgehead atoms. The highest BCUT2D eigenvalue weighted by molar-refractivity contribution is 7.92. The summed E-state index contributed by atoms with van der Waals surface area (Å²) in [6.07, 6.45) is 7.36. The van der Waals surface area contributed by atoms with Gasteiger partial charge in [-0.15, -0.1) is 0 Å². The van der Waals surface area contributed by atoms with E-state index in [0.29, 0.717) is 6.61 Å². The fourth-order valence-electron chi connectivity index (χ4n) is 3.33. The van der Waals surface area contributed by atoms with Gasteiger partial charge in [0.15, 0.2) is 9.84 Å². The molecule has 2 heterocycles. The highest BCUT2D eigenvalue weighted by Crippen LogP contribution is 2.36. The number of fused-ring (bicyclic) bond motifs is 2. The second kappa shape index (κ2) is 6.22. The van der Waals surface area contributed by atoms with Crippen molar-refractivity contribution >= 4 is 9.84 Å². The van der Waals surface area contributed by atoms with E-state index in [9.17, 15) is 8.42 Å². The van der Waals surface area contributed by atoms with E-state index in [1.807, 2.05) is 36.4 Å². The Morgan fingerprint density at radius 2 is 1.95 bits per heavy atom. The number of ether oxygens (including phenoxy) is 1. The first-order valence-corrected chi connectivity index (χ1v) is 9.37. The van der Waals surface area contributed by atoms with Crippen LogP contribution >= 0.6 is 0 Å². The van der Waals surface area contributed by atoms with Gasteiger partial charge in [0, 0.05) is 0 Å². The molecule has 114 valence electrons. The SMILES string of the molecule is O=S1(=O)C2C=C(CCCOc3ccccc3)CC1CCC2. The van der Waals surface area contributed by atoms with Crippen LogP contribution < -0.4 is 4.74 Å². The van der Waals surface area contributed by atoms with Gasteiger partial charge in [0.05, 0.1) is 17.1 Å². The highest BCUT2D eigenvalue weighted by Gasteiger charge is 2.39. The Balaban J connectivity index is 1.51. The third-order valence-electron chi connectivity index (χ3n) is 4.47. The van der Waals surface area contributed by atoms with Crippen molar-refractivity contribution in [3.8, 4) is 5.75 Å². The molecule has 0 N–H and O–H groups in total. The summed E-state index contributed by atoms with van der Waals surface area (Å²) in [5.74, 6) is 0.898. The number of allylic oxidation sites excluding steroid dienone is 1. The van der Waals surface area contributed by atoms with Gasteiger partial charge in [0.2, 0.25) is 0 Å². The molecule has 1 aromatic carbocycles. The Bertz CT molecular complexity index is 604. The lowest BCUT2D eigenvalue weighted by atomic mass is 9.95. The Morgan fingerprint density at radius 3 is 2.71 bits per heavy atom. The zero-order valence-corrected chi connectivity index (χ0v) is 13.0. The van der Waals surface area contributed by atoms with Gasteiger partial charge in [-0.25, -0.2) is 8.42 Å². The first-order chi connectivity index (χ1) is 10.2. The van der Waals surface area contributed by atoms with Crippen molar-refractivity contribution in [1.82, 2.24) is 0 Å². The summed E-state index contributed by atoms with van der Waals surface area (Å²) in [6.45, 7) is 0.684. The summed E-state index contributed by atoms with van der Waals surface area (Å²) in [5, 5.41) is -0.332. The van der Waals surface area contributed by atoms with E-state index in [2.05, 4.69) is 0 Å². The third-order valence-corrected chi connectivity index (χ3v) is 7.01. The zero-order chi connectivity index (χ0) is 14.7. The molecule has 0 amide bonds. The summed E-state index contributed by atoms with van der Waals surface area (Å²) in [4.78, 5) is 0. The lowest BCUT2D eigenvalue weighted by Gasteiger charge is -2.33. The Morgan fingerprint density at radius 1 is 1.14 bits per heavy atom. The van der Waals surface area contributed by atoms with Gasteiger partial charge in [-0.3, -0.25) is 0 Å². The average molecular weight is 306 g/mol. The molecule has 4 heteroatoms. The normalized spacial score (nSPS) is 27.0. The molecule has 1 saturated heterocycles. The van der Waals surface area contributed by atoms with E-state index in [4.69, 9.17) is 4.74 Å². The Kier molecular flexibility index (Phi) is 4.34. The van der Waals surface area contributed by atoms with Crippen molar-refractivity contribution in [1.29, 1.82) is 0 Å². The van der Waals surface area contributed by atoms with Crippen LogP contribution in [-0.4, -0.2) is 25.5 Å². The minimum atomic E-state index is -2.88. The second-order valence-corrected chi connectivity index (χ2v) is 8.42. The van der Waals surface area contributed by atoms with E-state index in [0.717, 1.165) is 44.3 Å². The van der Waals surface area contributed by atoms with Crippen LogP contribution in [0.4, 0.5) is 0 Å². The van der Waals surface area contributed by atoms with E-state index in [-0.39, 0.29) is 10.5 Å². The maximum atomic E-state index is 12.2. The molecular weight excluding hydrogens is 284 g/mol. The molecule has 2 atom stereocenters. The molecule has 0 saturated carbocycles. The number of benzene rings is 1. The van der Waals surface area contributed by atoms with Crippen LogP contribution in [0.3, 0.4) is 0 Å². The minimum absolute atomic E-state index is 0.119. The topological polar surface area (TPSA) is 43.4 Å². The molecule has 0 aliphatic carbocycles. The number of rotatable bonds is 5. The van der Waals surface area contributed by atoms with E-state index in [1.54, 1.807) is 0 Å². The van der Waals surface area contributed by atoms with Crippen LogP contribution in [-0.2, 0) is 9.84 Å². The molecule has 0 radical (unpaired) electrons. The zero-order valence-electron chi connectivity index (χ0n) is 12.2. The fraction of sp³-hybridized carbons (Fsp3) is 0.529. The van der Waals surface area contributed by atoms with Crippen LogP contribution in [0, 0.1) is 0 Å². The smallest absolute Gasteiger partial charge is 0.159 e. The molecule has 2 aliphatic rings. The second-order valence-electron chi connectivity index (χ2n) is 5.97. The predicted molar refractivity (Wildman–Crippen MR) is 84.2 cm³/mol. The quantitative estimate of drug-likeness (QED) is 0.617. The fourth-order valence-corrected chi connectivity index (χ4v) is 5.65. The van der Waals surface area contributed by atoms with E-state index >= 15 is 0 Å². The van der Waals surface area contributed by atoms with Crippen LogP contribution in [0.15, 0.2) is 42.0 Å². The molecule has 0 spiro atoms. The number of para-hydroxylation sites is 1. The number of hydrogen-bond donors (Lipinski definition) is 0. The third kappa shape index (κ3) is 3.31. The molecule has 2 unspecified atom stereocenters. The van der Waals surface area contributed by atoms with Gasteiger partial charge in [-0.1, -0.05) is 36.3 Å². The maximum absolute atomic E-state index is 12.2. The first kappa shape index (κ1) is 14.6.